The Morgan fingerprint density at radius 3 is 2.50 bits per heavy atom. The number of benzene rings is 2. The second-order valence-corrected chi connectivity index (χ2v) is 5.08. The quantitative estimate of drug-likeness (QED) is 0.627. The lowest BCUT2D eigenvalue weighted by Crippen LogP contribution is -2.15. The molecule has 0 N–H and O–H groups in total. The molecule has 1 heterocycles. The van der Waals surface area contributed by atoms with Crippen LogP contribution in [0.5, 0.6) is 0 Å². The van der Waals surface area contributed by atoms with Crippen molar-refractivity contribution in [3.63, 3.8) is 0 Å². The van der Waals surface area contributed by atoms with Crippen molar-refractivity contribution in [3.8, 4) is 0 Å². The molecule has 0 saturated carbocycles. The summed E-state index contributed by atoms with van der Waals surface area (Å²) in [6, 6.07) is 17.9. The second kappa shape index (κ2) is 6.35. The molecule has 0 unspecified atom stereocenters. The van der Waals surface area contributed by atoms with Gasteiger partial charge in [0.2, 0.25) is 0 Å². The molecule has 0 bridgehead atoms. The van der Waals surface area contributed by atoms with Crippen molar-refractivity contribution in [2.45, 2.75) is 6.92 Å². The van der Waals surface area contributed by atoms with Gasteiger partial charge in [-0.15, -0.1) is 5.11 Å². The molecule has 0 atom stereocenters. The lowest BCUT2D eigenvalue weighted by Gasteiger charge is -2.16. The number of hydrogen-bond donors (Lipinski definition) is 0. The van der Waals surface area contributed by atoms with Gasteiger partial charge >= 0.3 is 0 Å². The van der Waals surface area contributed by atoms with E-state index in [-0.39, 0.29) is 0 Å². The van der Waals surface area contributed by atoms with Crippen LogP contribution in [-0.4, -0.2) is 18.6 Å². The molecular weight excluding hydrogens is 272 g/mol. The standard InChI is InChI=1S/C18H18N4/c1-3-22(2)15-10-8-14(9-11-15)20-21-18-12-13-19-17-7-5-4-6-16(17)18/h4-13H,3H2,1-2H3. The van der Waals surface area contributed by atoms with E-state index in [1.165, 1.54) is 5.69 Å². The highest BCUT2D eigenvalue weighted by molar-refractivity contribution is 5.89. The summed E-state index contributed by atoms with van der Waals surface area (Å²) in [6.45, 7) is 3.10. The van der Waals surface area contributed by atoms with Crippen LogP contribution >= 0.6 is 0 Å². The molecule has 4 heteroatoms. The smallest absolute Gasteiger partial charge is 0.0966 e. The molecular formula is C18H18N4. The number of pyridine rings is 1. The van der Waals surface area contributed by atoms with E-state index in [0.29, 0.717) is 0 Å². The van der Waals surface area contributed by atoms with Gasteiger partial charge in [-0.05, 0) is 43.3 Å². The maximum Gasteiger partial charge on any atom is 0.0966 e. The first-order valence-corrected chi connectivity index (χ1v) is 7.34. The lowest BCUT2D eigenvalue weighted by molar-refractivity contribution is 0.968. The molecule has 110 valence electrons. The van der Waals surface area contributed by atoms with Crippen molar-refractivity contribution in [2.75, 3.05) is 18.5 Å². The Labute approximate surface area is 130 Å². The van der Waals surface area contributed by atoms with Gasteiger partial charge in [0.15, 0.2) is 0 Å². The van der Waals surface area contributed by atoms with Crippen LogP contribution in [0.2, 0.25) is 0 Å². The minimum Gasteiger partial charge on any atom is -0.375 e. The van der Waals surface area contributed by atoms with Crippen molar-refractivity contribution in [2.24, 2.45) is 10.2 Å². The summed E-state index contributed by atoms with van der Waals surface area (Å²) < 4.78 is 0. The van der Waals surface area contributed by atoms with Gasteiger partial charge in [-0.3, -0.25) is 4.98 Å². The number of azo groups is 1. The summed E-state index contributed by atoms with van der Waals surface area (Å²) >= 11 is 0. The van der Waals surface area contributed by atoms with E-state index in [4.69, 9.17) is 0 Å². The third-order valence-corrected chi connectivity index (χ3v) is 3.66. The number of anilines is 1. The monoisotopic (exact) mass is 290 g/mol. The summed E-state index contributed by atoms with van der Waals surface area (Å²) in [5.74, 6) is 0. The van der Waals surface area contributed by atoms with Crippen LogP contribution in [0.15, 0.2) is 71.0 Å². The highest BCUT2D eigenvalue weighted by Crippen LogP contribution is 2.26. The van der Waals surface area contributed by atoms with Crippen molar-refractivity contribution >= 4 is 28.0 Å². The minimum absolute atomic E-state index is 0.834. The number of fused-ring (bicyclic) bond motifs is 1. The molecule has 0 saturated heterocycles. The Kier molecular flexibility index (Phi) is 4.10. The molecule has 4 nitrogen and oxygen atoms in total. The first-order valence-electron chi connectivity index (χ1n) is 7.34. The second-order valence-electron chi connectivity index (χ2n) is 5.08. The van der Waals surface area contributed by atoms with Gasteiger partial charge in [0.25, 0.3) is 0 Å². The Balaban J connectivity index is 1.87. The zero-order valence-electron chi connectivity index (χ0n) is 12.8. The fraction of sp³-hybridized carbons (Fsp3) is 0.167. The third kappa shape index (κ3) is 2.96. The Hall–Kier alpha value is -2.75. The molecule has 0 spiro atoms. The van der Waals surface area contributed by atoms with Gasteiger partial charge in [0.1, 0.15) is 0 Å². The van der Waals surface area contributed by atoms with Gasteiger partial charge in [-0.1, -0.05) is 18.2 Å². The minimum atomic E-state index is 0.834. The number of para-hydroxylation sites is 1. The molecule has 0 aliphatic carbocycles. The number of nitrogens with zero attached hydrogens (tertiary/aromatic N) is 4. The maximum atomic E-state index is 4.37. The van der Waals surface area contributed by atoms with E-state index < -0.39 is 0 Å². The zero-order chi connectivity index (χ0) is 15.4. The molecule has 1 aromatic heterocycles. The molecule has 0 aliphatic rings. The van der Waals surface area contributed by atoms with Crippen LogP contribution in [0.1, 0.15) is 6.92 Å². The van der Waals surface area contributed by atoms with E-state index in [1.54, 1.807) is 6.20 Å². The zero-order valence-corrected chi connectivity index (χ0v) is 12.8. The molecule has 0 radical (unpaired) electrons. The van der Waals surface area contributed by atoms with Crippen molar-refractivity contribution in [1.82, 2.24) is 4.98 Å². The lowest BCUT2D eigenvalue weighted by atomic mass is 10.2. The maximum absolute atomic E-state index is 4.37. The fourth-order valence-electron chi connectivity index (χ4n) is 2.24. The predicted octanol–water partition coefficient (Wildman–Crippen LogP) is 5.11. The molecule has 22 heavy (non-hydrogen) atoms. The fourth-order valence-corrected chi connectivity index (χ4v) is 2.24. The normalized spacial score (nSPS) is 11.2. The van der Waals surface area contributed by atoms with Gasteiger partial charge in [0.05, 0.1) is 16.9 Å². The molecule has 3 rings (SSSR count). The Morgan fingerprint density at radius 2 is 1.73 bits per heavy atom. The van der Waals surface area contributed by atoms with E-state index in [2.05, 4.69) is 46.2 Å². The van der Waals surface area contributed by atoms with Crippen LogP contribution in [0.4, 0.5) is 17.1 Å². The van der Waals surface area contributed by atoms with Crippen LogP contribution in [0.25, 0.3) is 10.9 Å². The molecule has 0 amide bonds. The summed E-state index contributed by atoms with van der Waals surface area (Å²) in [5.41, 5.74) is 3.78. The van der Waals surface area contributed by atoms with Crippen molar-refractivity contribution in [3.05, 3.63) is 60.8 Å². The summed E-state index contributed by atoms with van der Waals surface area (Å²) in [7, 11) is 2.07. The van der Waals surface area contributed by atoms with Crippen LogP contribution in [-0.2, 0) is 0 Å². The van der Waals surface area contributed by atoms with Crippen molar-refractivity contribution in [1.29, 1.82) is 0 Å². The Morgan fingerprint density at radius 1 is 0.955 bits per heavy atom. The highest BCUT2D eigenvalue weighted by Gasteiger charge is 2.00. The van der Waals surface area contributed by atoms with E-state index in [1.807, 2.05) is 42.5 Å². The summed E-state index contributed by atoms with van der Waals surface area (Å²) in [4.78, 5) is 6.51. The van der Waals surface area contributed by atoms with Gasteiger partial charge in [-0.25, -0.2) is 0 Å². The number of hydrogen-bond acceptors (Lipinski definition) is 4. The molecule has 0 aliphatic heterocycles. The first-order chi connectivity index (χ1) is 10.8. The van der Waals surface area contributed by atoms with E-state index >= 15 is 0 Å². The predicted molar refractivity (Wildman–Crippen MR) is 91.3 cm³/mol. The molecule has 3 aromatic rings. The first kappa shape index (κ1) is 14.2. The average molecular weight is 290 g/mol. The van der Waals surface area contributed by atoms with Crippen LogP contribution < -0.4 is 4.90 Å². The summed E-state index contributed by atoms with van der Waals surface area (Å²) in [6.07, 6.45) is 1.76. The largest absolute Gasteiger partial charge is 0.375 e. The molecule has 0 fully saturated rings. The number of rotatable bonds is 4. The Bertz CT molecular complexity index is 788. The van der Waals surface area contributed by atoms with Crippen molar-refractivity contribution < 1.29 is 0 Å². The average Bonchev–Trinajstić information content (AvgIpc) is 2.59. The highest BCUT2D eigenvalue weighted by atomic mass is 15.1. The van der Waals surface area contributed by atoms with Gasteiger partial charge in [0, 0.05) is 30.9 Å². The number of aromatic nitrogens is 1. The van der Waals surface area contributed by atoms with Crippen LogP contribution in [0, 0.1) is 0 Å². The topological polar surface area (TPSA) is 40.9 Å². The van der Waals surface area contributed by atoms with Crippen LogP contribution in [0.3, 0.4) is 0 Å². The third-order valence-electron chi connectivity index (χ3n) is 3.66. The van der Waals surface area contributed by atoms with E-state index in [9.17, 15) is 0 Å². The van der Waals surface area contributed by atoms with E-state index in [0.717, 1.165) is 28.8 Å². The summed E-state index contributed by atoms with van der Waals surface area (Å²) in [5, 5.41) is 9.71. The van der Waals surface area contributed by atoms with Gasteiger partial charge in [-0.2, -0.15) is 5.11 Å². The SMILES string of the molecule is CCN(C)c1ccc(N=Nc2ccnc3ccccc23)cc1. The van der Waals surface area contributed by atoms with Gasteiger partial charge < -0.3 is 4.90 Å². The molecule has 2 aromatic carbocycles.